The van der Waals surface area contributed by atoms with E-state index in [0.29, 0.717) is 5.70 Å². The number of carbonyl (C=O) groups is 1. The monoisotopic (exact) mass is 572 g/mol. The summed E-state index contributed by atoms with van der Waals surface area (Å²) in [6.45, 7) is 1.82. The first-order valence-electron chi connectivity index (χ1n) is 12.6. The molecule has 0 atom stereocenters. The van der Waals surface area contributed by atoms with Gasteiger partial charge in [0, 0.05) is 54.1 Å². The first-order chi connectivity index (χ1) is 20.3. The smallest absolute Gasteiger partial charge is 0.335 e. The highest BCUT2D eigenvalue weighted by Gasteiger charge is 2.20. The number of hydrogen-bond acceptors (Lipinski definition) is 6. The molecule has 0 unspecified atom stereocenters. The number of anilines is 1. The van der Waals surface area contributed by atoms with Crippen molar-refractivity contribution in [3.63, 3.8) is 0 Å². The molecule has 0 radical (unpaired) electrons. The number of aromatic nitrogens is 4. The first kappa shape index (κ1) is 27.7. The van der Waals surface area contributed by atoms with Crippen molar-refractivity contribution in [2.24, 2.45) is 0 Å². The normalized spacial score (nSPS) is 13.6. The van der Waals surface area contributed by atoms with E-state index in [-0.39, 0.29) is 35.0 Å². The Balaban J connectivity index is 1.41. The molecule has 1 amide bonds. The fraction of sp³-hybridized carbons (Fsp3) is 0.0690. The van der Waals surface area contributed by atoms with Crippen LogP contribution in [0.15, 0.2) is 100 Å². The summed E-state index contributed by atoms with van der Waals surface area (Å²) in [7, 11) is 0. The highest BCUT2D eigenvalue weighted by atomic mass is 19.1. The lowest BCUT2D eigenvalue weighted by molar-refractivity contribution is -0.104. The number of aryl methyl sites for hydroxylation is 1. The van der Waals surface area contributed by atoms with Gasteiger partial charge in [0.25, 0.3) is 11.5 Å². The van der Waals surface area contributed by atoms with Crippen molar-refractivity contribution >= 4 is 23.4 Å². The summed E-state index contributed by atoms with van der Waals surface area (Å²) in [5, 5.41) is 17.7. The molecule has 42 heavy (non-hydrogen) atoms. The van der Waals surface area contributed by atoms with Crippen LogP contribution in [0.3, 0.4) is 0 Å². The van der Waals surface area contributed by atoms with Crippen LogP contribution in [0.5, 0.6) is 5.75 Å². The first-order valence-corrected chi connectivity index (χ1v) is 12.6. The Morgan fingerprint density at radius 1 is 1.17 bits per heavy atom. The number of hydrogen-bond donors (Lipinski definition) is 4. The summed E-state index contributed by atoms with van der Waals surface area (Å²) >= 11 is 0. The summed E-state index contributed by atoms with van der Waals surface area (Å²) < 4.78 is 36.4. The number of H-pyrrole nitrogens is 1. The van der Waals surface area contributed by atoms with E-state index in [2.05, 4.69) is 20.8 Å². The van der Waals surface area contributed by atoms with Gasteiger partial charge < -0.3 is 15.4 Å². The van der Waals surface area contributed by atoms with E-state index in [1.165, 1.54) is 35.0 Å². The number of aromatic amines is 1. The third-order valence-corrected chi connectivity index (χ3v) is 6.26. The van der Waals surface area contributed by atoms with Gasteiger partial charge in [-0.1, -0.05) is 0 Å². The zero-order chi connectivity index (χ0) is 29.8. The summed E-state index contributed by atoms with van der Waals surface area (Å²) in [5.74, 6) is -2.10. The van der Waals surface area contributed by atoms with Crippen LogP contribution in [0.1, 0.15) is 22.8 Å². The summed E-state index contributed by atoms with van der Waals surface area (Å²) in [5.41, 5.74) is 0.111. The lowest BCUT2D eigenvalue weighted by Crippen LogP contribution is -2.42. The quantitative estimate of drug-likeness (QED) is 0.237. The zero-order valence-corrected chi connectivity index (χ0v) is 22.1. The molecule has 0 fully saturated rings. The van der Waals surface area contributed by atoms with E-state index in [0.717, 1.165) is 40.1 Å². The van der Waals surface area contributed by atoms with Gasteiger partial charge in [-0.25, -0.2) is 18.1 Å². The molecule has 3 heterocycles. The Morgan fingerprint density at radius 2 is 1.95 bits per heavy atom. The van der Waals surface area contributed by atoms with Crippen molar-refractivity contribution in [2.45, 2.75) is 13.5 Å². The highest BCUT2D eigenvalue weighted by molar-refractivity contribution is 6.03. The molecule has 5 rings (SSSR count). The number of dihydropyridines is 1. The minimum atomic E-state index is -0.913. The number of amides is 1. The van der Waals surface area contributed by atoms with Gasteiger partial charge in [0.15, 0.2) is 23.5 Å². The molecule has 0 saturated carbocycles. The highest BCUT2D eigenvalue weighted by Crippen LogP contribution is 2.28. The van der Waals surface area contributed by atoms with E-state index in [1.807, 2.05) is 0 Å². The number of nitrogens with one attached hydrogen (secondary N) is 3. The van der Waals surface area contributed by atoms with Crippen LogP contribution < -0.4 is 32.0 Å². The van der Waals surface area contributed by atoms with Crippen molar-refractivity contribution in [2.75, 3.05) is 5.32 Å². The Kier molecular flexibility index (Phi) is 7.73. The maximum atomic E-state index is 15.2. The fourth-order valence-corrected chi connectivity index (χ4v) is 4.15. The molecule has 2 aromatic heterocycles. The molecule has 0 aliphatic carbocycles. The van der Waals surface area contributed by atoms with Crippen LogP contribution in [-0.4, -0.2) is 31.5 Å². The number of nitrogens with zero attached hydrogens (tertiary/aromatic N) is 3. The third kappa shape index (κ3) is 5.56. The zero-order valence-electron chi connectivity index (χ0n) is 22.1. The van der Waals surface area contributed by atoms with Crippen LogP contribution in [0, 0.1) is 11.6 Å². The largest absolute Gasteiger partial charge is 0.452 e. The molecule has 13 heteroatoms. The van der Waals surface area contributed by atoms with Gasteiger partial charge in [-0.15, -0.1) is 0 Å². The van der Waals surface area contributed by atoms with Crippen LogP contribution in [0.2, 0.25) is 0 Å². The Morgan fingerprint density at radius 3 is 2.62 bits per heavy atom. The molecule has 4 aromatic rings. The number of benzene rings is 2. The van der Waals surface area contributed by atoms with Crippen molar-refractivity contribution < 1.29 is 23.7 Å². The lowest BCUT2D eigenvalue weighted by atomic mass is 10.1. The summed E-state index contributed by atoms with van der Waals surface area (Å²) in [6, 6.07) is 8.44. The second-order valence-corrected chi connectivity index (χ2v) is 8.94. The van der Waals surface area contributed by atoms with E-state index in [4.69, 9.17) is 10.1 Å². The van der Waals surface area contributed by atoms with Gasteiger partial charge in [0.05, 0.1) is 17.6 Å². The maximum Gasteiger partial charge on any atom is 0.335 e. The third-order valence-electron chi connectivity index (χ3n) is 6.26. The van der Waals surface area contributed by atoms with E-state index in [1.54, 1.807) is 37.7 Å². The average Bonchev–Trinajstić information content (AvgIpc) is 3.52. The molecular weight excluding hydrogens is 548 g/mol. The van der Waals surface area contributed by atoms with Gasteiger partial charge in [0.1, 0.15) is 11.4 Å². The van der Waals surface area contributed by atoms with E-state index in [9.17, 15) is 18.8 Å². The number of carbonyl (C=O) groups excluding carboxylic acids is 1. The van der Waals surface area contributed by atoms with Gasteiger partial charge in [-0.3, -0.25) is 24.7 Å². The number of allylic oxidation sites excluding steroid dienone is 3. The van der Waals surface area contributed by atoms with Crippen LogP contribution >= 0.6 is 0 Å². The Labute approximate surface area is 236 Å². The van der Waals surface area contributed by atoms with Crippen molar-refractivity contribution in [3.8, 4) is 11.4 Å². The predicted molar refractivity (Wildman–Crippen MR) is 151 cm³/mol. The molecule has 212 valence electrons. The average molecular weight is 573 g/mol. The van der Waals surface area contributed by atoms with Crippen molar-refractivity contribution in [1.82, 2.24) is 24.6 Å². The van der Waals surface area contributed by atoms with Crippen LogP contribution in [-0.2, 0) is 6.54 Å². The van der Waals surface area contributed by atoms with E-state index < -0.39 is 28.8 Å². The summed E-state index contributed by atoms with van der Waals surface area (Å²) in [6.07, 6.45) is 10.7. The predicted octanol–water partition coefficient (Wildman–Crippen LogP) is 1.89. The van der Waals surface area contributed by atoms with E-state index >= 15 is 4.39 Å². The van der Waals surface area contributed by atoms with Crippen molar-refractivity contribution in [1.29, 1.82) is 0 Å². The van der Waals surface area contributed by atoms with Crippen LogP contribution in [0.25, 0.3) is 11.3 Å². The SMILES string of the molecule is CCn1cc(C(=O)Nc2ccc(OC3=CC(c4cn[nH]c4)=CN/C3=C\C=[NH2+])c(F)c2)c(=O)n(-c2ccc(F)cc2)c1=O. The van der Waals surface area contributed by atoms with Gasteiger partial charge in [-0.05, 0) is 49.4 Å². The minimum absolute atomic E-state index is 0.0348. The fourth-order valence-electron chi connectivity index (χ4n) is 4.15. The minimum Gasteiger partial charge on any atom is -0.452 e. The lowest BCUT2D eigenvalue weighted by Gasteiger charge is -2.19. The summed E-state index contributed by atoms with van der Waals surface area (Å²) in [4.78, 5) is 39.1. The van der Waals surface area contributed by atoms with Crippen molar-refractivity contribution in [3.05, 3.63) is 134 Å². The van der Waals surface area contributed by atoms with Gasteiger partial charge in [0.2, 0.25) is 0 Å². The Hall–Kier alpha value is -5.85. The van der Waals surface area contributed by atoms with Gasteiger partial charge >= 0.3 is 5.69 Å². The number of rotatable bonds is 8. The molecule has 0 bridgehead atoms. The van der Waals surface area contributed by atoms with Crippen LogP contribution in [0.4, 0.5) is 14.5 Å². The second kappa shape index (κ2) is 11.7. The molecule has 1 aliphatic rings. The molecule has 0 spiro atoms. The van der Waals surface area contributed by atoms with Gasteiger partial charge in [-0.2, -0.15) is 5.10 Å². The second-order valence-electron chi connectivity index (χ2n) is 8.94. The molecule has 5 N–H and O–H groups in total. The molecular formula is C29H24F2N7O4+. The standard InChI is InChI=1S/C29H23F2N7O4/c1-2-37-16-22(28(40)38(29(37)41)21-6-3-19(30)4-7-21)27(39)36-20-5-8-25(23(31)12-20)42-26-11-17(18-14-34-35-15-18)13-33-24(26)9-10-32/h3-16,32-33H,2H2,1H3,(H,34,35)(H,36,39)/p+1/b24-9-,32-10?. The maximum absolute atomic E-state index is 15.2. The Bertz CT molecular complexity index is 1890. The number of ether oxygens (including phenoxy) is 1. The molecule has 1 aliphatic heterocycles. The molecule has 11 nitrogen and oxygen atoms in total. The molecule has 2 aromatic carbocycles. The topological polar surface area (TPSA) is 149 Å². The number of nitrogens with two attached hydrogens (primary N) is 1. The number of halogens is 2. The molecule has 0 saturated heterocycles.